The van der Waals surface area contributed by atoms with Gasteiger partial charge in [0.05, 0.1) is 7.11 Å². The molecule has 0 aliphatic heterocycles. The maximum atomic E-state index is 6.04. The molecule has 0 radical (unpaired) electrons. The van der Waals surface area contributed by atoms with E-state index in [0.29, 0.717) is 6.61 Å². The molecule has 0 spiro atoms. The van der Waals surface area contributed by atoms with Crippen LogP contribution in [0.4, 0.5) is 0 Å². The first-order valence-electron chi connectivity index (χ1n) is 6.84. The van der Waals surface area contributed by atoms with Crippen molar-refractivity contribution in [3.63, 3.8) is 0 Å². The molecule has 2 aromatic carbocycles. The molecule has 0 aliphatic rings. The summed E-state index contributed by atoms with van der Waals surface area (Å²) in [5, 5.41) is 0. The molecule has 2 N–H and O–H groups in total. The topological polar surface area (TPSA) is 44.5 Å². The SMILES string of the molecule is CC[C@@H](N)c1ccc(OCc2ccccc2)c(OC)c1.Cl. The predicted molar refractivity (Wildman–Crippen MR) is 88.2 cm³/mol. The highest BCUT2D eigenvalue weighted by Crippen LogP contribution is 2.31. The first-order chi connectivity index (χ1) is 9.74. The molecule has 0 unspecified atom stereocenters. The van der Waals surface area contributed by atoms with Crippen LogP contribution >= 0.6 is 12.4 Å². The number of halogens is 1. The summed E-state index contributed by atoms with van der Waals surface area (Å²) in [4.78, 5) is 0. The van der Waals surface area contributed by atoms with Crippen LogP contribution in [0.15, 0.2) is 48.5 Å². The molecule has 0 aromatic heterocycles. The Morgan fingerprint density at radius 2 is 1.76 bits per heavy atom. The Morgan fingerprint density at radius 1 is 1.05 bits per heavy atom. The summed E-state index contributed by atoms with van der Waals surface area (Å²) in [5.41, 5.74) is 8.23. The summed E-state index contributed by atoms with van der Waals surface area (Å²) in [7, 11) is 1.64. The molecule has 2 rings (SSSR count). The summed E-state index contributed by atoms with van der Waals surface area (Å²) >= 11 is 0. The lowest BCUT2D eigenvalue weighted by atomic mass is 10.1. The molecule has 114 valence electrons. The fraction of sp³-hybridized carbons (Fsp3) is 0.294. The normalized spacial score (nSPS) is 11.4. The quantitative estimate of drug-likeness (QED) is 0.873. The zero-order valence-electron chi connectivity index (χ0n) is 12.4. The summed E-state index contributed by atoms with van der Waals surface area (Å²) in [6.07, 6.45) is 0.896. The molecular formula is C17H22ClNO2. The zero-order valence-corrected chi connectivity index (χ0v) is 13.2. The number of nitrogens with two attached hydrogens (primary N) is 1. The molecular weight excluding hydrogens is 286 g/mol. The Kier molecular flexibility index (Phi) is 7.06. The number of rotatable bonds is 6. The molecule has 4 heteroatoms. The van der Waals surface area contributed by atoms with Crippen molar-refractivity contribution in [2.45, 2.75) is 26.0 Å². The molecule has 21 heavy (non-hydrogen) atoms. The highest BCUT2D eigenvalue weighted by Gasteiger charge is 2.09. The van der Waals surface area contributed by atoms with E-state index in [1.165, 1.54) is 0 Å². The highest BCUT2D eigenvalue weighted by atomic mass is 35.5. The van der Waals surface area contributed by atoms with Gasteiger partial charge >= 0.3 is 0 Å². The van der Waals surface area contributed by atoms with Gasteiger partial charge < -0.3 is 15.2 Å². The van der Waals surface area contributed by atoms with Gasteiger partial charge in [0.25, 0.3) is 0 Å². The van der Waals surface area contributed by atoms with Crippen LogP contribution in [0.3, 0.4) is 0 Å². The van der Waals surface area contributed by atoms with Gasteiger partial charge in [-0.05, 0) is 29.7 Å². The van der Waals surface area contributed by atoms with Crippen LogP contribution in [-0.2, 0) is 6.61 Å². The third kappa shape index (κ3) is 4.66. The second-order valence-corrected chi connectivity index (χ2v) is 4.70. The van der Waals surface area contributed by atoms with Gasteiger partial charge in [-0.15, -0.1) is 12.4 Å². The first-order valence-corrected chi connectivity index (χ1v) is 6.84. The third-order valence-corrected chi connectivity index (χ3v) is 3.29. The van der Waals surface area contributed by atoms with Crippen LogP contribution in [-0.4, -0.2) is 7.11 Å². The lowest BCUT2D eigenvalue weighted by Gasteiger charge is -2.15. The van der Waals surface area contributed by atoms with Crippen molar-refractivity contribution in [3.8, 4) is 11.5 Å². The molecule has 3 nitrogen and oxygen atoms in total. The molecule has 0 heterocycles. The number of ether oxygens (including phenoxy) is 2. The predicted octanol–water partition coefficient (Wildman–Crippen LogP) is 4.11. The van der Waals surface area contributed by atoms with Gasteiger partial charge in [0.15, 0.2) is 11.5 Å². The van der Waals surface area contributed by atoms with Crippen LogP contribution in [0.5, 0.6) is 11.5 Å². The molecule has 0 bridgehead atoms. The Hall–Kier alpha value is -1.71. The minimum Gasteiger partial charge on any atom is -0.493 e. The van der Waals surface area contributed by atoms with Crippen molar-refractivity contribution < 1.29 is 9.47 Å². The van der Waals surface area contributed by atoms with Crippen LogP contribution in [0.2, 0.25) is 0 Å². The molecule has 0 amide bonds. The monoisotopic (exact) mass is 307 g/mol. The van der Waals surface area contributed by atoms with E-state index in [-0.39, 0.29) is 18.4 Å². The lowest BCUT2D eigenvalue weighted by Crippen LogP contribution is -2.09. The number of hydrogen-bond donors (Lipinski definition) is 1. The van der Waals surface area contributed by atoms with E-state index in [1.807, 2.05) is 48.5 Å². The van der Waals surface area contributed by atoms with Gasteiger partial charge in [-0.3, -0.25) is 0 Å². The number of hydrogen-bond acceptors (Lipinski definition) is 3. The summed E-state index contributed by atoms with van der Waals surface area (Å²) in [5.74, 6) is 1.46. The summed E-state index contributed by atoms with van der Waals surface area (Å²) in [6, 6.07) is 16.0. The van der Waals surface area contributed by atoms with E-state index in [2.05, 4.69) is 6.92 Å². The van der Waals surface area contributed by atoms with E-state index in [4.69, 9.17) is 15.2 Å². The maximum Gasteiger partial charge on any atom is 0.161 e. The average Bonchev–Trinajstić information content (AvgIpc) is 2.53. The van der Waals surface area contributed by atoms with Gasteiger partial charge in [0, 0.05) is 6.04 Å². The maximum absolute atomic E-state index is 6.04. The van der Waals surface area contributed by atoms with Gasteiger partial charge in [0.1, 0.15) is 6.61 Å². The fourth-order valence-corrected chi connectivity index (χ4v) is 2.01. The van der Waals surface area contributed by atoms with E-state index < -0.39 is 0 Å². The smallest absolute Gasteiger partial charge is 0.161 e. The Labute approximate surface area is 132 Å². The molecule has 2 aromatic rings. The second kappa shape index (κ2) is 8.55. The van der Waals surface area contributed by atoms with Gasteiger partial charge in [-0.1, -0.05) is 43.3 Å². The molecule has 0 saturated carbocycles. The van der Waals surface area contributed by atoms with Gasteiger partial charge in [0.2, 0.25) is 0 Å². The molecule has 0 aliphatic carbocycles. The van der Waals surface area contributed by atoms with Gasteiger partial charge in [-0.25, -0.2) is 0 Å². The number of benzene rings is 2. The Balaban J connectivity index is 0.00000220. The Morgan fingerprint density at radius 3 is 2.38 bits per heavy atom. The molecule has 1 atom stereocenters. The minimum atomic E-state index is 0. The van der Waals surface area contributed by atoms with Crippen molar-refractivity contribution in [2.24, 2.45) is 5.73 Å². The molecule has 0 saturated heterocycles. The van der Waals surface area contributed by atoms with E-state index in [1.54, 1.807) is 7.11 Å². The van der Waals surface area contributed by atoms with Crippen molar-refractivity contribution >= 4 is 12.4 Å². The summed E-state index contributed by atoms with van der Waals surface area (Å²) in [6.45, 7) is 2.59. The molecule has 0 fully saturated rings. The van der Waals surface area contributed by atoms with E-state index in [9.17, 15) is 0 Å². The van der Waals surface area contributed by atoms with Crippen LogP contribution in [0.25, 0.3) is 0 Å². The van der Waals surface area contributed by atoms with Crippen molar-refractivity contribution in [2.75, 3.05) is 7.11 Å². The standard InChI is InChI=1S/C17H21NO2.ClH/c1-3-15(18)14-9-10-16(17(11-14)19-2)20-12-13-7-5-4-6-8-13;/h4-11,15H,3,12,18H2,1-2H3;1H/t15-;/m1./s1. The third-order valence-electron chi connectivity index (χ3n) is 3.29. The van der Waals surface area contributed by atoms with Gasteiger partial charge in [-0.2, -0.15) is 0 Å². The van der Waals surface area contributed by atoms with Crippen LogP contribution in [0.1, 0.15) is 30.5 Å². The zero-order chi connectivity index (χ0) is 14.4. The minimum absolute atomic E-state index is 0. The second-order valence-electron chi connectivity index (χ2n) is 4.70. The first kappa shape index (κ1) is 17.3. The van der Waals surface area contributed by atoms with E-state index >= 15 is 0 Å². The van der Waals surface area contributed by atoms with Crippen LogP contribution < -0.4 is 15.2 Å². The largest absolute Gasteiger partial charge is 0.493 e. The van der Waals surface area contributed by atoms with Crippen molar-refractivity contribution in [1.82, 2.24) is 0 Å². The average molecular weight is 308 g/mol. The Bertz CT molecular complexity index is 546. The summed E-state index contributed by atoms with van der Waals surface area (Å²) < 4.78 is 11.2. The van der Waals surface area contributed by atoms with Crippen LogP contribution in [0, 0.1) is 0 Å². The van der Waals surface area contributed by atoms with Crippen molar-refractivity contribution in [3.05, 3.63) is 59.7 Å². The van der Waals surface area contributed by atoms with Crippen molar-refractivity contribution in [1.29, 1.82) is 0 Å². The highest BCUT2D eigenvalue weighted by molar-refractivity contribution is 5.85. The van der Waals surface area contributed by atoms with E-state index in [0.717, 1.165) is 29.0 Å². The lowest BCUT2D eigenvalue weighted by molar-refractivity contribution is 0.284. The number of methoxy groups -OCH3 is 1. The fourth-order valence-electron chi connectivity index (χ4n) is 2.01.